The van der Waals surface area contributed by atoms with E-state index in [1.54, 1.807) is 0 Å². The molecule has 3 fully saturated rings. The van der Waals surface area contributed by atoms with Gasteiger partial charge in [-0.05, 0) is 25.8 Å². The molecule has 1 spiro atoms. The molecular weight excluding hydrogens is 481 g/mol. The first-order chi connectivity index (χ1) is 13.0. The van der Waals surface area contributed by atoms with Crippen LogP contribution in [0.2, 0.25) is 0 Å². The third-order valence-electron chi connectivity index (χ3n) is 6.77. The molecule has 0 aromatic carbocycles. The molecule has 2 heterocycles. The van der Waals surface area contributed by atoms with Crippen molar-refractivity contribution in [1.82, 2.24) is 20.0 Å². The number of nitrogens with one attached hydrogen (secondary N) is 1. The van der Waals surface area contributed by atoms with Crippen molar-refractivity contribution in [1.29, 1.82) is 0 Å². The maximum atomic E-state index is 4.67. The molecule has 164 valence electrons. The summed E-state index contributed by atoms with van der Waals surface area (Å²) in [5.41, 5.74) is 0. The van der Waals surface area contributed by atoms with Gasteiger partial charge in [0.1, 0.15) is 0 Å². The van der Waals surface area contributed by atoms with Gasteiger partial charge in [0.25, 0.3) is 0 Å². The van der Waals surface area contributed by atoms with Crippen molar-refractivity contribution in [2.45, 2.75) is 56.7 Å². The van der Waals surface area contributed by atoms with Crippen LogP contribution in [0.4, 0.5) is 0 Å². The van der Waals surface area contributed by atoms with Gasteiger partial charge in [-0.25, -0.2) is 0 Å². The highest BCUT2D eigenvalue weighted by molar-refractivity contribution is 14.0. The highest BCUT2D eigenvalue weighted by Crippen LogP contribution is 2.42. The molecule has 28 heavy (non-hydrogen) atoms. The average Bonchev–Trinajstić information content (AvgIpc) is 2.67. The summed E-state index contributed by atoms with van der Waals surface area (Å²) in [7, 11) is 4.19. The number of hydrogen-bond donors (Lipinski definition) is 1. The molecule has 3 rings (SSSR count). The molecule has 5 nitrogen and oxygen atoms in total. The zero-order valence-electron chi connectivity index (χ0n) is 18.5. The number of aliphatic imine (C=N–C) groups is 1. The fraction of sp³-hybridized carbons (Fsp3) is 0.952. The molecule has 3 aliphatic rings. The Balaban J connectivity index is 0.00000280. The molecule has 0 aromatic heterocycles. The van der Waals surface area contributed by atoms with E-state index in [0.29, 0.717) is 16.7 Å². The van der Waals surface area contributed by atoms with E-state index in [-0.39, 0.29) is 24.0 Å². The molecule has 1 aliphatic carbocycles. The van der Waals surface area contributed by atoms with Crippen molar-refractivity contribution in [3.8, 4) is 0 Å². The van der Waals surface area contributed by atoms with E-state index in [1.807, 2.05) is 7.05 Å². The fourth-order valence-corrected chi connectivity index (χ4v) is 6.56. The molecule has 0 aromatic rings. The Morgan fingerprint density at radius 3 is 2.36 bits per heavy atom. The molecule has 1 N–H and O–H groups in total. The van der Waals surface area contributed by atoms with Crippen LogP contribution in [-0.2, 0) is 0 Å². The second-order valence-corrected chi connectivity index (χ2v) is 10.7. The van der Waals surface area contributed by atoms with Crippen LogP contribution in [0.5, 0.6) is 0 Å². The van der Waals surface area contributed by atoms with Crippen LogP contribution in [0.15, 0.2) is 4.99 Å². The van der Waals surface area contributed by atoms with Gasteiger partial charge in [-0.2, -0.15) is 11.8 Å². The summed E-state index contributed by atoms with van der Waals surface area (Å²) in [6.45, 7) is 12.8. The first-order valence-corrected chi connectivity index (χ1v) is 12.0. The molecule has 0 radical (unpaired) electrons. The van der Waals surface area contributed by atoms with Crippen LogP contribution in [0.3, 0.4) is 0 Å². The summed E-state index contributed by atoms with van der Waals surface area (Å²) >= 11 is 2.23. The van der Waals surface area contributed by atoms with Crippen LogP contribution >= 0.6 is 35.7 Å². The smallest absolute Gasteiger partial charge is 0.193 e. The molecule has 0 bridgehead atoms. The van der Waals surface area contributed by atoms with E-state index >= 15 is 0 Å². The molecule has 1 unspecified atom stereocenters. The number of hydrogen-bond acceptors (Lipinski definition) is 4. The Kier molecular flexibility index (Phi) is 10.2. The highest BCUT2D eigenvalue weighted by Gasteiger charge is 2.38. The first kappa shape index (κ1) is 24.5. The Morgan fingerprint density at radius 1 is 1.07 bits per heavy atom. The van der Waals surface area contributed by atoms with Gasteiger partial charge in [0.05, 0.1) is 0 Å². The highest BCUT2D eigenvalue weighted by atomic mass is 127. The van der Waals surface area contributed by atoms with E-state index in [4.69, 9.17) is 0 Å². The lowest BCUT2D eigenvalue weighted by Gasteiger charge is -2.46. The van der Waals surface area contributed by atoms with E-state index in [1.165, 1.54) is 70.6 Å². The monoisotopic (exact) mass is 523 g/mol. The standard InChI is InChI=1S/C21H41N5S.HI/c1-18(2)19(25-12-10-24(4)11-13-25)16-23-20(22-3)26-14-15-27-21(17-26)8-6-5-7-9-21;/h18-19H,5-17H2,1-4H3,(H,22,23);1H. The van der Waals surface area contributed by atoms with Crippen molar-refractivity contribution in [3.63, 3.8) is 0 Å². The van der Waals surface area contributed by atoms with E-state index < -0.39 is 0 Å². The zero-order valence-corrected chi connectivity index (χ0v) is 21.6. The maximum Gasteiger partial charge on any atom is 0.193 e. The van der Waals surface area contributed by atoms with Gasteiger partial charge in [0.15, 0.2) is 5.96 Å². The Hall–Kier alpha value is 0.270. The van der Waals surface area contributed by atoms with Gasteiger partial charge in [-0.3, -0.25) is 9.89 Å². The second-order valence-electron chi connectivity index (χ2n) is 9.09. The normalized spacial score (nSPS) is 25.6. The lowest BCUT2D eigenvalue weighted by Crippen LogP contribution is -2.57. The molecule has 2 aliphatic heterocycles. The van der Waals surface area contributed by atoms with Crippen LogP contribution in [-0.4, -0.2) is 97.1 Å². The number of halogens is 1. The Bertz CT molecular complexity index is 482. The minimum Gasteiger partial charge on any atom is -0.355 e. The predicted molar refractivity (Wildman–Crippen MR) is 134 cm³/mol. The Morgan fingerprint density at radius 2 is 1.75 bits per heavy atom. The largest absolute Gasteiger partial charge is 0.355 e. The number of likely N-dealkylation sites (N-methyl/N-ethyl adjacent to an activating group) is 1. The van der Waals surface area contributed by atoms with Crippen molar-refractivity contribution < 1.29 is 0 Å². The van der Waals surface area contributed by atoms with Crippen molar-refractivity contribution in [3.05, 3.63) is 0 Å². The lowest BCUT2D eigenvalue weighted by atomic mass is 9.87. The van der Waals surface area contributed by atoms with E-state index in [9.17, 15) is 0 Å². The predicted octanol–water partition coefficient (Wildman–Crippen LogP) is 3.20. The van der Waals surface area contributed by atoms with E-state index in [2.05, 4.69) is 57.7 Å². The van der Waals surface area contributed by atoms with Crippen molar-refractivity contribution in [2.24, 2.45) is 10.9 Å². The van der Waals surface area contributed by atoms with Gasteiger partial charge >= 0.3 is 0 Å². The van der Waals surface area contributed by atoms with Crippen molar-refractivity contribution in [2.75, 3.05) is 65.7 Å². The van der Waals surface area contributed by atoms with Gasteiger partial charge in [-0.1, -0.05) is 33.1 Å². The van der Waals surface area contributed by atoms with Crippen LogP contribution < -0.4 is 5.32 Å². The summed E-state index contributed by atoms with van der Waals surface area (Å²) in [5, 5.41) is 3.76. The molecule has 7 heteroatoms. The molecule has 0 amide bonds. The van der Waals surface area contributed by atoms with E-state index in [0.717, 1.165) is 19.0 Å². The minimum absolute atomic E-state index is 0. The van der Waals surface area contributed by atoms with Crippen LogP contribution in [0.1, 0.15) is 46.0 Å². The van der Waals surface area contributed by atoms with Gasteiger partial charge in [0, 0.05) is 69.4 Å². The molecular formula is C21H42IN5S. The third-order valence-corrected chi connectivity index (χ3v) is 8.31. The zero-order chi connectivity index (χ0) is 19.3. The first-order valence-electron chi connectivity index (χ1n) is 11.1. The summed E-state index contributed by atoms with van der Waals surface area (Å²) in [6, 6.07) is 0.582. The number of guanidine groups is 1. The topological polar surface area (TPSA) is 34.1 Å². The van der Waals surface area contributed by atoms with Gasteiger partial charge < -0.3 is 15.1 Å². The van der Waals surface area contributed by atoms with Crippen LogP contribution in [0.25, 0.3) is 0 Å². The third kappa shape index (κ3) is 6.38. The fourth-order valence-electron chi connectivity index (χ4n) is 4.99. The average molecular weight is 524 g/mol. The number of nitrogens with zero attached hydrogens (tertiary/aromatic N) is 4. The van der Waals surface area contributed by atoms with Crippen LogP contribution in [0, 0.1) is 5.92 Å². The summed E-state index contributed by atoms with van der Waals surface area (Å²) in [4.78, 5) is 12.3. The number of thioether (sulfide) groups is 1. The quantitative estimate of drug-likeness (QED) is 0.348. The Labute approximate surface area is 194 Å². The summed E-state index contributed by atoms with van der Waals surface area (Å²) < 4.78 is 0.489. The minimum atomic E-state index is 0. The summed E-state index contributed by atoms with van der Waals surface area (Å²) in [5.74, 6) is 3.02. The molecule has 1 saturated carbocycles. The summed E-state index contributed by atoms with van der Waals surface area (Å²) in [6.07, 6.45) is 7.02. The second kappa shape index (κ2) is 11.6. The lowest BCUT2D eigenvalue weighted by molar-refractivity contribution is 0.0895. The molecule has 2 saturated heterocycles. The maximum absolute atomic E-state index is 4.67. The molecule has 1 atom stereocenters. The van der Waals surface area contributed by atoms with Crippen molar-refractivity contribution >= 4 is 41.7 Å². The van der Waals surface area contributed by atoms with Gasteiger partial charge in [-0.15, -0.1) is 24.0 Å². The number of rotatable bonds is 4. The SMILES string of the molecule is CN=C(NCC(C(C)C)N1CCN(C)CC1)N1CCSC2(CCCCC2)C1.I. The number of piperazine rings is 1. The van der Waals surface area contributed by atoms with Gasteiger partial charge in [0.2, 0.25) is 0 Å².